The van der Waals surface area contributed by atoms with Crippen LogP contribution in [-0.4, -0.2) is 34.9 Å². The number of hydrogen-bond donors (Lipinski definition) is 1. The SMILES string of the molecule is CCOC(=O)c1cc(OC)nc2[nH]ncc12. The number of pyridine rings is 1. The lowest BCUT2D eigenvalue weighted by molar-refractivity contribution is 0.0528. The molecular weight excluding hydrogens is 210 g/mol. The Balaban J connectivity index is 2.56. The van der Waals surface area contributed by atoms with E-state index in [2.05, 4.69) is 15.2 Å². The first-order chi connectivity index (χ1) is 7.76. The molecule has 2 aromatic heterocycles. The van der Waals surface area contributed by atoms with E-state index in [4.69, 9.17) is 9.47 Å². The Kier molecular flexibility index (Phi) is 2.72. The van der Waals surface area contributed by atoms with Crippen LogP contribution in [0.4, 0.5) is 0 Å². The van der Waals surface area contributed by atoms with Crippen LogP contribution in [0.5, 0.6) is 5.88 Å². The fourth-order valence-corrected chi connectivity index (χ4v) is 1.39. The van der Waals surface area contributed by atoms with Crippen LogP contribution < -0.4 is 4.74 Å². The van der Waals surface area contributed by atoms with Crippen molar-refractivity contribution in [3.05, 3.63) is 17.8 Å². The van der Waals surface area contributed by atoms with Crippen LogP contribution in [0.3, 0.4) is 0 Å². The number of nitrogens with zero attached hydrogens (tertiary/aromatic N) is 2. The summed E-state index contributed by atoms with van der Waals surface area (Å²) >= 11 is 0. The van der Waals surface area contributed by atoms with E-state index < -0.39 is 5.97 Å². The molecule has 0 amide bonds. The summed E-state index contributed by atoms with van der Waals surface area (Å²) in [5, 5.41) is 7.14. The van der Waals surface area contributed by atoms with Crippen molar-refractivity contribution in [2.45, 2.75) is 6.92 Å². The third kappa shape index (κ3) is 1.69. The number of carbonyl (C=O) groups excluding carboxylic acids is 1. The van der Waals surface area contributed by atoms with Gasteiger partial charge in [0.15, 0.2) is 5.65 Å². The highest BCUT2D eigenvalue weighted by Gasteiger charge is 2.15. The summed E-state index contributed by atoms with van der Waals surface area (Å²) in [6, 6.07) is 1.54. The van der Waals surface area contributed by atoms with Crippen LogP contribution in [0.25, 0.3) is 11.0 Å². The molecule has 0 aliphatic heterocycles. The second-order valence-corrected chi connectivity index (χ2v) is 3.06. The van der Waals surface area contributed by atoms with Crippen molar-refractivity contribution in [3.8, 4) is 5.88 Å². The monoisotopic (exact) mass is 221 g/mol. The summed E-state index contributed by atoms with van der Waals surface area (Å²) < 4.78 is 9.93. The molecule has 6 heteroatoms. The average molecular weight is 221 g/mol. The molecule has 16 heavy (non-hydrogen) atoms. The average Bonchev–Trinajstić information content (AvgIpc) is 2.75. The number of fused-ring (bicyclic) bond motifs is 1. The number of methoxy groups -OCH3 is 1. The number of esters is 1. The van der Waals surface area contributed by atoms with Crippen molar-refractivity contribution in [2.24, 2.45) is 0 Å². The van der Waals surface area contributed by atoms with Gasteiger partial charge in [0.1, 0.15) is 0 Å². The van der Waals surface area contributed by atoms with Crippen LogP contribution in [0.2, 0.25) is 0 Å². The summed E-state index contributed by atoms with van der Waals surface area (Å²) in [5.41, 5.74) is 0.903. The molecule has 2 rings (SSSR count). The zero-order valence-corrected chi connectivity index (χ0v) is 8.98. The van der Waals surface area contributed by atoms with E-state index in [-0.39, 0.29) is 0 Å². The van der Waals surface area contributed by atoms with Gasteiger partial charge < -0.3 is 9.47 Å². The van der Waals surface area contributed by atoms with Gasteiger partial charge in [-0.3, -0.25) is 5.10 Å². The van der Waals surface area contributed by atoms with Crippen molar-refractivity contribution < 1.29 is 14.3 Å². The molecule has 0 aliphatic carbocycles. The lowest BCUT2D eigenvalue weighted by Gasteiger charge is -2.04. The molecule has 1 N–H and O–H groups in total. The number of ether oxygens (including phenoxy) is 2. The fraction of sp³-hybridized carbons (Fsp3) is 0.300. The first kappa shape index (κ1) is 10.4. The maximum atomic E-state index is 11.7. The van der Waals surface area contributed by atoms with Gasteiger partial charge in [-0.1, -0.05) is 0 Å². The summed E-state index contributed by atoms with van der Waals surface area (Å²) in [7, 11) is 1.49. The highest BCUT2D eigenvalue weighted by molar-refractivity contribution is 6.02. The van der Waals surface area contributed by atoms with Gasteiger partial charge >= 0.3 is 5.97 Å². The number of nitrogens with one attached hydrogen (secondary N) is 1. The van der Waals surface area contributed by atoms with Gasteiger partial charge in [0.2, 0.25) is 5.88 Å². The second-order valence-electron chi connectivity index (χ2n) is 3.06. The molecule has 0 aliphatic rings. The van der Waals surface area contributed by atoms with Gasteiger partial charge in [-0.15, -0.1) is 0 Å². The number of carbonyl (C=O) groups is 1. The Morgan fingerprint density at radius 2 is 2.38 bits per heavy atom. The number of H-pyrrole nitrogens is 1. The summed E-state index contributed by atoms with van der Waals surface area (Å²) in [6.45, 7) is 2.08. The smallest absolute Gasteiger partial charge is 0.339 e. The third-order valence-electron chi connectivity index (χ3n) is 2.10. The Morgan fingerprint density at radius 3 is 3.06 bits per heavy atom. The molecule has 2 heterocycles. The van der Waals surface area contributed by atoms with E-state index >= 15 is 0 Å². The quantitative estimate of drug-likeness (QED) is 0.786. The molecule has 0 radical (unpaired) electrons. The molecule has 0 saturated carbocycles. The van der Waals surface area contributed by atoms with E-state index in [9.17, 15) is 4.79 Å². The molecule has 0 unspecified atom stereocenters. The molecular formula is C10H11N3O3. The first-order valence-electron chi connectivity index (χ1n) is 4.81. The maximum absolute atomic E-state index is 11.7. The normalized spacial score (nSPS) is 10.4. The van der Waals surface area contributed by atoms with Crippen LogP contribution in [-0.2, 0) is 4.74 Å². The van der Waals surface area contributed by atoms with Crippen molar-refractivity contribution in [3.63, 3.8) is 0 Å². The van der Waals surface area contributed by atoms with Crippen molar-refractivity contribution >= 4 is 17.0 Å². The highest BCUT2D eigenvalue weighted by Crippen LogP contribution is 2.20. The van der Waals surface area contributed by atoms with E-state index in [1.807, 2.05) is 0 Å². The molecule has 84 valence electrons. The minimum absolute atomic E-state index is 0.322. The first-order valence-corrected chi connectivity index (χ1v) is 4.81. The summed E-state index contributed by atoms with van der Waals surface area (Å²) in [6.07, 6.45) is 1.54. The van der Waals surface area contributed by atoms with Gasteiger partial charge in [-0.05, 0) is 6.92 Å². The topological polar surface area (TPSA) is 77.1 Å². The number of aromatic nitrogens is 3. The van der Waals surface area contributed by atoms with E-state index in [1.165, 1.54) is 19.4 Å². The summed E-state index contributed by atoms with van der Waals surface area (Å²) in [5.74, 6) is -0.0607. The molecule has 0 saturated heterocycles. The highest BCUT2D eigenvalue weighted by atomic mass is 16.5. The molecule has 0 spiro atoms. The van der Waals surface area contributed by atoms with Crippen LogP contribution in [0.15, 0.2) is 12.3 Å². The molecule has 6 nitrogen and oxygen atoms in total. The Labute approximate surface area is 91.6 Å². The van der Waals surface area contributed by atoms with Gasteiger partial charge in [-0.25, -0.2) is 4.79 Å². The Hall–Kier alpha value is -2.11. The van der Waals surface area contributed by atoms with E-state index in [0.29, 0.717) is 29.1 Å². The largest absolute Gasteiger partial charge is 0.481 e. The zero-order chi connectivity index (χ0) is 11.5. The van der Waals surface area contributed by atoms with Gasteiger partial charge in [0.05, 0.1) is 30.9 Å². The Morgan fingerprint density at radius 1 is 1.56 bits per heavy atom. The van der Waals surface area contributed by atoms with E-state index in [0.717, 1.165) is 0 Å². The zero-order valence-electron chi connectivity index (χ0n) is 8.98. The molecule has 0 fully saturated rings. The predicted molar refractivity (Wildman–Crippen MR) is 56.4 cm³/mol. The number of aromatic amines is 1. The molecule has 0 bridgehead atoms. The number of hydrogen-bond acceptors (Lipinski definition) is 5. The lowest BCUT2D eigenvalue weighted by atomic mass is 10.2. The molecule has 0 atom stereocenters. The van der Waals surface area contributed by atoms with Crippen molar-refractivity contribution in [2.75, 3.05) is 13.7 Å². The molecule has 0 aromatic carbocycles. The minimum atomic E-state index is -0.408. The van der Waals surface area contributed by atoms with E-state index in [1.54, 1.807) is 6.92 Å². The van der Waals surface area contributed by atoms with Crippen LogP contribution in [0.1, 0.15) is 17.3 Å². The predicted octanol–water partition coefficient (Wildman–Crippen LogP) is 1.14. The fourth-order valence-electron chi connectivity index (χ4n) is 1.39. The summed E-state index contributed by atoms with van der Waals surface area (Å²) in [4.78, 5) is 15.8. The minimum Gasteiger partial charge on any atom is -0.481 e. The van der Waals surface area contributed by atoms with Crippen LogP contribution >= 0.6 is 0 Å². The number of rotatable bonds is 3. The molecule has 2 aromatic rings. The van der Waals surface area contributed by atoms with Gasteiger partial charge in [0, 0.05) is 6.07 Å². The Bertz CT molecular complexity index is 521. The van der Waals surface area contributed by atoms with Gasteiger partial charge in [-0.2, -0.15) is 10.1 Å². The third-order valence-corrected chi connectivity index (χ3v) is 2.10. The van der Waals surface area contributed by atoms with Crippen LogP contribution in [0, 0.1) is 0 Å². The maximum Gasteiger partial charge on any atom is 0.339 e. The van der Waals surface area contributed by atoms with Gasteiger partial charge in [0.25, 0.3) is 0 Å². The second kappa shape index (κ2) is 4.18. The van der Waals surface area contributed by atoms with Crippen molar-refractivity contribution in [1.82, 2.24) is 15.2 Å². The van der Waals surface area contributed by atoms with Crippen molar-refractivity contribution in [1.29, 1.82) is 0 Å². The standard InChI is InChI=1S/C10H11N3O3/c1-3-16-10(14)6-4-8(15-2)12-9-7(6)5-11-13-9/h4-5H,3H2,1-2H3,(H,11,12,13). The lowest BCUT2D eigenvalue weighted by Crippen LogP contribution is -2.06.